The summed E-state index contributed by atoms with van der Waals surface area (Å²) in [6.45, 7) is 2.09. The smallest absolute Gasteiger partial charge is 0.370 e. The number of carbonyl (C=O) groups is 1. The van der Waals surface area contributed by atoms with Crippen LogP contribution in [0.4, 0.5) is 13.2 Å². The molecule has 1 aromatic rings. The molecule has 0 spiro atoms. The Labute approximate surface area is 192 Å². The zero-order chi connectivity index (χ0) is 21.1. The molecule has 1 aliphatic carbocycles. The van der Waals surface area contributed by atoms with E-state index < -0.39 is 11.7 Å². The molecule has 0 bridgehead atoms. The van der Waals surface area contributed by atoms with Crippen LogP contribution in [-0.2, 0) is 16.4 Å². The van der Waals surface area contributed by atoms with Crippen LogP contribution in [0.1, 0.15) is 49.7 Å². The molecule has 1 unspecified atom stereocenters. The van der Waals surface area contributed by atoms with Gasteiger partial charge in [-0.05, 0) is 43.2 Å². The number of amides is 1. The summed E-state index contributed by atoms with van der Waals surface area (Å²) in [6.07, 6.45) is 0.642. The van der Waals surface area contributed by atoms with E-state index in [0.717, 1.165) is 56.2 Å². The van der Waals surface area contributed by atoms with E-state index in [0.29, 0.717) is 19.5 Å². The molecule has 0 aromatic heterocycles. The standard InChI is InChI=1S/C21H29F3N4O.HI/c1-26-19(28-10-3-5-15(13-28)11-18(25)29)27-14-20(8-4-9-20)16-6-2-7-17(12-16)21(22,23)24;/h2,6-7,12,15H,3-5,8-11,13-14H2,1H3,(H2,25,29)(H,26,27);1H. The highest BCUT2D eigenvalue weighted by Crippen LogP contribution is 2.44. The van der Waals surface area contributed by atoms with E-state index in [-0.39, 0.29) is 41.2 Å². The fraction of sp³-hybridized carbons (Fsp3) is 0.619. The number of rotatable bonds is 5. The third-order valence-electron chi connectivity index (χ3n) is 6.22. The highest BCUT2D eigenvalue weighted by Gasteiger charge is 2.41. The first-order valence-electron chi connectivity index (χ1n) is 10.2. The van der Waals surface area contributed by atoms with E-state index in [1.54, 1.807) is 13.1 Å². The molecule has 1 aliphatic heterocycles. The number of guanidine groups is 1. The van der Waals surface area contributed by atoms with Gasteiger partial charge < -0.3 is 16.0 Å². The number of hydrogen-bond donors (Lipinski definition) is 2. The minimum absolute atomic E-state index is 0. The van der Waals surface area contributed by atoms with E-state index in [1.165, 1.54) is 12.1 Å². The Bertz CT molecular complexity index is 765. The number of primary amides is 1. The second kappa shape index (κ2) is 10.2. The predicted octanol–water partition coefficient (Wildman–Crippen LogP) is 3.91. The molecule has 5 nitrogen and oxygen atoms in total. The highest BCUT2D eigenvalue weighted by molar-refractivity contribution is 14.0. The number of aliphatic imine (C=N–C) groups is 1. The first-order chi connectivity index (χ1) is 13.7. The van der Waals surface area contributed by atoms with Crippen LogP contribution in [0.15, 0.2) is 29.3 Å². The van der Waals surface area contributed by atoms with Crippen LogP contribution >= 0.6 is 24.0 Å². The molecule has 3 rings (SSSR count). The van der Waals surface area contributed by atoms with Gasteiger partial charge in [-0.1, -0.05) is 24.6 Å². The minimum atomic E-state index is -4.34. The lowest BCUT2D eigenvalue weighted by atomic mass is 9.64. The van der Waals surface area contributed by atoms with Crippen LogP contribution in [0.5, 0.6) is 0 Å². The molecule has 3 N–H and O–H groups in total. The summed E-state index contributed by atoms with van der Waals surface area (Å²) in [5, 5.41) is 3.39. The van der Waals surface area contributed by atoms with E-state index in [2.05, 4.69) is 15.2 Å². The molecule has 9 heteroatoms. The van der Waals surface area contributed by atoms with E-state index in [4.69, 9.17) is 5.73 Å². The number of halogens is 4. The molecule has 30 heavy (non-hydrogen) atoms. The Morgan fingerprint density at radius 1 is 1.33 bits per heavy atom. The summed E-state index contributed by atoms with van der Waals surface area (Å²) in [6, 6.07) is 5.69. The lowest BCUT2D eigenvalue weighted by Gasteiger charge is -2.44. The Kier molecular flexibility index (Phi) is 8.41. The van der Waals surface area contributed by atoms with Crippen molar-refractivity contribution in [2.24, 2.45) is 16.6 Å². The van der Waals surface area contributed by atoms with Crippen molar-refractivity contribution in [3.63, 3.8) is 0 Å². The molecule has 1 atom stereocenters. The third kappa shape index (κ3) is 5.79. The number of carbonyl (C=O) groups excluding carboxylic acids is 1. The van der Waals surface area contributed by atoms with Crippen molar-refractivity contribution in [3.05, 3.63) is 35.4 Å². The number of hydrogen-bond acceptors (Lipinski definition) is 2. The van der Waals surface area contributed by atoms with Gasteiger partial charge in [0.15, 0.2) is 5.96 Å². The maximum Gasteiger partial charge on any atom is 0.416 e. The monoisotopic (exact) mass is 538 g/mol. The van der Waals surface area contributed by atoms with Gasteiger partial charge in [-0.3, -0.25) is 9.79 Å². The quantitative estimate of drug-likeness (QED) is 0.340. The van der Waals surface area contributed by atoms with Crippen molar-refractivity contribution in [2.75, 3.05) is 26.7 Å². The van der Waals surface area contributed by atoms with Gasteiger partial charge in [-0.25, -0.2) is 0 Å². The molecule has 1 saturated heterocycles. The van der Waals surface area contributed by atoms with Gasteiger partial charge in [0.1, 0.15) is 0 Å². The van der Waals surface area contributed by atoms with Gasteiger partial charge >= 0.3 is 6.18 Å². The second-order valence-electron chi connectivity index (χ2n) is 8.24. The minimum Gasteiger partial charge on any atom is -0.370 e. The lowest BCUT2D eigenvalue weighted by Crippen LogP contribution is -2.52. The summed E-state index contributed by atoms with van der Waals surface area (Å²) >= 11 is 0. The molecular formula is C21H30F3IN4O. The Morgan fingerprint density at radius 3 is 2.63 bits per heavy atom. The van der Waals surface area contributed by atoms with Crippen LogP contribution in [-0.4, -0.2) is 43.4 Å². The van der Waals surface area contributed by atoms with Crippen LogP contribution in [0, 0.1) is 5.92 Å². The summed E-state index contributed by atoms with van der Waals surface area (Å²) in [5.74, 6) is 0.649. The fourth-order valence-corrected chi connectivity index (χ4v) is 4.49. The van der Waals surface area contributed by atoms with Gasteiger partial charge in [-0.2, -0.15) is 13.2 Å². The largest absolute Gasteiger partial charge is 0.416 e. The van der Waals surface area contributed by atoms with Crippen molar-refractivity contribution in [1.29, 1.82) is 0 Å². The normalized spacial score (nSPS) is 21.4. The van der Waals surface area contributed by atoms with Crippen molar-refractivity contribution in [3.8, 4) is 0 Å². The summed E-state index contributed by atoms with van der Waals surface area (Å²) < 4.78 is 39.4. The zero-order valence-electron chi connectivity index (χ0n) is 17.2. The molecular weight excluding hydrogens is 508 g/mol. The predicted molar refractivity (Wildman–Crippen MR) is 122 cm³/mol. The average Bonchev–Trinajstić information content (AvgIpc) is 2.63. The maximum absolute atomic E-state index is 13.1. The first-order valence-corrected chi connectivity index (χ1v) is 10.2. The van der Waals surface area contributed by atoms with E-state index in [9.17, 15) is 18.0 Å². The number of piperidine rings is 1. The van der Waals surface area contributed by atoms with Gasteiger partial charge in [0, 0.05) is 38.5 Å². The van der Waals surface area contributed by atoms with Crippen molar-refractivity contribution >= 4 is 35.8 Å². The molecule has 1 heterocycles. The highest BCUT2D eigenvalue weighted by atomic mass is 127. The SMILES string of the molecule is CN=C(NCC1(c2cccc(C(F)(F)F)c2)CCC1)N1CCCC(CC(N)=O)C1.I. The molecule has 1 amide bonds. The summed E-state index contributed by atoms with van der Waals surface area (Å²) in [5.41, 5.74) is 5.16. The zero-order valence-corrected chi connectivity index (χ0v) is 19.5. The number of benzene rings is 1. The molecule has 168 valence electrons. The van der Waals surface area contributed by atoms with E-state index in [1.807, 2.05) is 0 Å². The van der Waals surface area contributed by atoms with Crippen LogP contribution < -0.4 is 11.1 Å². The Hall–Kier alpha value is -1.52. The van der Waals surface area contributed by atoms with Crippen molar-refractivity contribution in [1.82, 2.24) is 10.2 Å². The first kappa shape index (κ1) is 24.7. The van der Waals surface area contributed by atoms with Gasteiger partial charge in [0.2, 0.25) is 5.91 Å². The van der Waals surface area contributed by atoms with Crippen LogP contribution in [0.3, 0.4) is 0 Å². The number of nitrogens with zero attached hydrogens (tertiary/aromatic N) is 2. The molecule has 0 radical (unpaired) electrons. The van der Waals surface area contributed by atoms with Crippen molar-refractivity contribution in [2.45, 2.75) is 50.1 Å². The number of alkyl halides is 3. The summed E-state index contributed by atoms with van der Waals surface area (Å²) in [7, 11) is 1.71. The van der Waals surface area contributed by atoms with Gasteiger partial charge in [-0.15, -0.1) is 24.0 Å². The molecule has 1 aromatic carbocycles. The molecule has 2 aliphatic rings. The molecule has 2 fully saturated rings. The Balaban J connectivity index is 0.00000320. The van der Waals surface area contributed by atoms with Gasteiger partial charge in [0.25, 0.3) is 0 Å². The number of nitrogens with two attached hydrogens (primary N) is 1. The van der Waals surface area contributed by atoms with Crippen LogP contribution in [0.25, 0.3) is 0 Å². The fourth-order valence-electron chi connectivity index (χ4n) is 4.49. The van der Waals surface area contributed by atoms with E-state index >= 15 is 0 Å². The number of likely N-dealkylation sites (tertiary alicyclic amines) is 1. The maximum atomic E-state index is 13.1. The van der Waals surface area contributed by atoms with Crippen LogP contribution in [0.2, 0.25) is 0 Å². The topological polar surface area (TPSA) is 70.7 Å². The average molecular weight is 538 g/mol. The Morgan fingerprint density at radius 2 is 2.07 bits per heavy atom. The molecule has 1 saturated carbocycles. The summed E-state index contributed by atoms with van der Waals surface area (Å²) in [4.78, 5) is 17.7. The number of nitrogens with one attached hydrogen (secondary N) is 1. The van der Waals surface area contributed by atoms with Crippen molar-refractivity contribution < 1.29 is 18.0 Å². The third-order valence-corrected chi connectivity index (χ3v) is 6.22. The second-order valence-corrected chi connectivity index (χ2v) is 8.24. The van der Waals surface area contributed by atoms with Gasteiger partial charge in [0.05, 0.1) is 5.56 Å². The lowest BCUT2D eigenvalue weighted by molar-refractivity contribution is -0.137.